The number of benzene rings is 1. The summed E-state index contributed by atoms with van der Waals surface area (Å²) in [7, 11) is 0. The monoisotopic (exact) mass is 249 g/mol. The zero-order valence-corrected chi connectivity index (χ0v) is 11.7. The van der Waals surface area contributed by atoms with Crippen LogP contribution in [0.5, 0.6) is 5.75 Å². The van der Waals surface area contributed by atoms with Crippen LogP contribution in [0.25, 0.3) is 0 Å². The van der Waals surface area contributed by atoms with E-state index in [-0.39, 0.29) is 5.91 Å². The number of amides is 1. The van der Waals surface area contributed by atoms with E-state index >= 15 is 0 Å². The molecule has 0 heterocycles. The van der Waals surface area contributed by atoms with Gasteiger partial charge in [-0.25, -0.2) is 0 Å². The van der Waals surface area contributed by atoms with Gasteiger partial charge in [0.25, 0.3) is 5.91 Å². The first-order chi connectivity index (χ1) is 8.54. The van der Waals surface area contributed by atoms with Crippen LogP contribution in [0.1, 0.15) is 37.8 Å². The number of ether oxygens (including phenoxy) is 1. The molecule has 1 aromatic carbocycles. The molecule has 0 bridgehead atoms. The Bertz CT molecular complexity index is 401. The lowest BCUT2D eigenvalue weighted by Crippen LogP contribution is -2.36. The van der Waals surface area contributed by atoms with Gasteiger partial charge in [0.15, 0.2) is 6.10 Å². The first-order valence-corrected chi connectivity index (χ1v) is 6.56. The van der Waals surface area contributed by atoms with Gasteiger partial charge in [-0.1, -0.05) is 19.4 Å². The Hall–Kier alpha value is -1.51. The number of hydrogen-bond donors (Lipinski definition) is 1. The van der Waals surface area contributed by atoms with E-state index in [1.165, 1.54) is 11.1 Å². The van der Waals surface area contributed by atoms with Crippen molar-refractivity contribution in [1.29, 1.82) is 0 Å². The summed E-state index contributed by atoms with van der Waals surface area (Å²) in [5, 5.41) is 2.87. The predicted molar refractivity (Wildman–Crippen MR) is 73.9 cm³/mol. The molecule has 1 N–H and O–H groups in total. The van der Waals surface area contributed by atoms with Gasteiger partial charge in [-0.3, -0.25) is 4.79 Å². The Morgan fingerprint density at radius 3 is 2.67 bits per heavy atom. The Kier molecular flexibility index (Phi) is 5.69. The summed E-state index contributed by atoms with van der Waals surface area (Å²) < 4.78 is 5.63. The highest BCUT2D eigenvalue weighted by Crippen LogP contribution is 2.17. The number of aryl methyl sites for hydroxylation is 2. The lowest BCUT2D eigenvalue weighted by molar-refractivity contribution is -0.127. The first-order valence-electron chi connectivity index (χ1n) is 6.56. The maximum atomic E-state index is 11.7. The second-order valence-electron chi connectivity index (χ2n) is 4.65. The van der Waals surface area contributed by atoms with Crippen LogP contribution in [-0.4, -0.2) is 18.6 Å². The molecule has 3 heteroatoms. The first kappa shape index (κ1) is 14.6. The molecule has 1 amide bonds. The Labute approximate surface area is 110 Å². The minimum absolute atomic E-state index is 0.0540. The molecular weight excluding hydrogens is 226 g/mol. The quantitative estimate of drug-likeness (QED) is 0.787. The second-order valence-corrected chi connectivity index (χ2v) is 4.65. The van der Waals surface area contributed by atoms with Crippen molar-refractivity contribution < 1.29 is 9.53 Å². The molecule has 18 heavy (non-hydrogen) atoms. The molecule has 3 nitrogen and oxygen atoms in total. The van der Waals surface area contributed by atoms with Gasteiger partial charge in [0.2, 0.25) is 0 Å². The van der Waals surface area contributed by atoms with Gasteiger partial charge in [-0.15, -0.1) is 0 Å². The third-order valence-electron chi connectivity index (χ3n) is 2.99. The fraction of sp³-hybridized carbons (Fsp3) is 0.533. The summed E-state index contributed by atoms with van der Waals surface area (Å²) >= 11 is 0. The number of carbonyl (C=O) groups is 1. The minimum Gasteiger partial charge on any atom is -0.481 e. The summed E-state index contributed by atoms with van der Waals surface area (Å²) in [5.74, 6) is 0.693. The van der Waals surface area contributed by atoms with Gasteiger partial charge in [-0.05, 0) is 50.5 Å². The molecule has 0 fully saturated rings. The molecule has 0 aliphatic heterocycles. The fourth-order valence-electron chi connectivity index (χ4n) is 1.58. The van der Waals surface area contributed by atoms with Crippen LogP contribution < -0.4 is 10.1 Å². The van der Waals surface area contributed by atoms with Gasteiger partial charge in [0.05, 0.1) is 0 Å². The van der Waals surface area contributed by atoms with Gasteiger partial charge in [0, 0.05) is 6.54 Å². The molecule has 0 radical (unpaired) electrons. The molecule has 0 aliphatic rings. The zero-order chi connectivity index (χ0) is 13.5. The molecule has 1 atom stereocenters. The van der Waals surface area contributed by atoms with Crippen molar-refractivity contribution in [3.05, 3.63) is 29.3 Å². The normalized spacial score (nSPS) is 12.0. The number of nitrogens with one attached hydrogen (secondary N) is 1. The molecule has 1 aromatic rings. The SMILES string of the molecule is CCCCNC(=O)[C@@H](C)Oc1ccc(C)c(C)c1. The van der Waals surface area contributed by atoms with Gasteiger partial charge in [-0.2, -0.15) is 0 Å². The van der Waals surface area contributed by atoms with Crippen LogP contribution in [0.2, 0.25) is 0 Å². The molecule has 0 saturated carbocycles. The lowest BCUT2D eigenvalue weighted by atomic mass is 10.1. The van der Waals surface area contributed by atoms with Gasteiger partial charge in [0.1, 0.15) is 5.75 Å². The van der Waals surface area contributed by atoms with Gasteiger partial charge < -0.3 is 10.1 Å². The van der Waals surface area contributed by atoms with Crippen LogP contribution in [0, 0.1) is 13.8 Å². The van der Waals surface area contributed by atoms with E-state index in [1.54, 1.807) is 6.92 Å². The van der Waals surface area contributed by atoms with Crippen molar-refractivity contribution in [2.75, 3.05) is 6.54 Å². The van der Waals surface area contributed by atoms with E-state index in [4.69, 9.17) is 4.74 Å². The fourth-order valence-corrected chi connectivity index (χ4v) is 1.58. The summed E-state index contributed by atoms with van der Waals surface area (Å²) in [5.41, 5.74) is 2.40. The number of carbonyl (C=O) groups excluding carboxylic acids is 1. The highest BCUT2D eigenvalue weighted by molar-refractivity contribution is 5.80. The van der Waals surface area contributed by atoms with E-state index in [1.807, 2.05) is 25.1 Å². The molecule has 0 saturated heterocycles. The highest BCUT2D eigenvalue weighted by atomic mass is 16.5. The standard InChI is InChI=1S/C15H23NO2/c1-5-6-9-16-15(17)13(4)18-14-8-7-11(2)12(3)10-14/h7-8,10,13H,5-6,9H2,1-4H3,(H,16,17)/t13-/m1/s1. The zero-order valence-electron chi connectivity index (χ0n) is 11.7. The van der Waals surface area contributed by atoms with E-state index in [0.717, 1.165) is 25.1 Å². The van der Waals surface area contributed by atoms with Crippen molar-refractivity contribution in [3.63, 3.8) is 0 Å². The number of rotatable bonds is 6. The van der Waals surface area contributed by atoms with Crippen LogP contribution in [0.15, 0.2) is 18.2 Å². The Morgan fingerprint density at radius 1 is 1.33 bits per heavy atom. The van der Waals surface area contributed by atoms with Crippen molar-refractivity contribution in [2.45, 2.75) is 46.6 Å². The molecule has 1 rings (SSSR count). The number of unbranched alkanes of at least 4 members (excludes halogenated alkanes) is 1. The Balaban J connectivity index is 2.50. The third kappa shape index (κ3) is 4.40. The average molecular weight is 249 g/mol. The smallest absolute Gasteiger partial charge is 0.260 e. The average Bonchev–Trinajstić information content (AvgIpc) is 2.34. The molecular formula is C15H23NO2. The van der Waals surface area contributed by atoms with Crippen molar-refractivity contribution in [1.82, 2.24) is 5.32 Å². The molecule has 0 spiro atoms. The predicted octanol–water partition coefficient (Wildman–Crippen LogP) is 2.99. The van der Waals surface area contributed by atoms with Crippen molar-refractivity contribution >= 4 is 5.91 Å². The van der Waals surface area contributed by atoms with Crippen LogP contribution in [0.4, 0.5) is 0 Å². The van der Waals surface area contributed by atoms with E-state index < -0.39 is 6.10 Å². The molecule has 100 valence electrons. The van der Waals surface area contributed by atoms with Crippen LogP contribution in [-0.2, 0) is 4.79 Å². The van der Waals surface area contributed by atoms with E-state index in [0.29, 0.717) is 0 Å². The summed E-state index contributed by atoms with van der Waals surface area (Å²) in [6.07, 6.45) is 1.62. The van der Waals surface area contributed by atoms with Crippen molar-refractivity contribution in [3.8, 4) is 5.75 Å². The summed E-state index contributed by atoms with van der Waals surface area (Å²) in [6, 6.07) is 5.87. The van der Waals surface area contributed by atoms with Crippen molar-refractivity contribution in [2.24, 2.45) is 0 Å². The Morgan fingerprint density at radius 2 is 2.06 bits per heavy atom. The topological polar surface area (TPSA) is 38.3 Å². The molecule has 0 unspecified atom stereocenters. The van der Waals surface area contributed by atoms with E-state index in [2.05, 4.69) is 19.2 Å². The second kappa shape index (κ2) is 7.04. The minimum atomic E-state index is -0.455. The summed E-state index contributed by atoms with van der Waals surface area (Å²) in [4.78, 5) is 11.7. The van der Waals surface area contributed by atoms with Gasteiger partial charge >= 0.3 is 0 Å². The highest BCUT2D eigenvalue weighted by Gasteiger charge is 2.13. The summed E-state index contributed by atoms with van der Waals surface area (Å²) in [6.45, 7) is 8.68. The maximum Gasteiger partial charge on any atom is 0.260 e. The lowest BCUT2D eigenvalue weighted by Gasteiger charge is -2.15. The molecule has 0 aliphatic carbocycles. The van der Waals surface area contributed by atoms with Crippen LogP contribution >= 0.6 is 0 Å². The number of hydrogen-bond acceptors (Lipinski definition) is 2. The van der Waals surface area contributed by atoms with Crippen LogP contribution in [0.3, 0.4) is 0 Å². The third-order valence-corrected chi connectivity index (χ3v) is 2.99. The molecule has 0 aromatic heterocycles. The largest absolute Gasteiger partial charge is 0.481 e. The maximum absolute atomic E-state index is 11.7. The van der Waals surface area contributed by atoms with E-state index in [9.17, 15) is 4.79 Å².